The molecule has 1 aromatic heterocycles. The zero-order chi connectivity index (χ0) is 25.9. The van der Waals surface area contributed by atoms with Crippen LogP contribution in [-0.4, -0.2) is 26.7 Å². The molecule has 7 heteroatoms. The van der Waals surface area contributed by atoms with E-state index in [2.05, 4.69) is 20.9 Å². The number of aryl methyl sites for hydroxylation is 1. The maximum absolute atomic E-state index is 13.4. The Bertz CT molecular complexity index is 1500. The highest BCUT2D eigenvalue weighted by Gasteiger charge is 2.46. The second-order valence-electron chi connectivity index (χ2n) is 8.74. The maximum Gasteiger partial charge on any atom is 0.295 e. The number of halogens is 1. The minimum atomic E-state index is -0.816. The lowest BCUT2D eigenvalue weighted by Gasteiger charge is -2.25. The SMILES string of the molecule is Cc1cc(/C(O)=C2/C(=O)C(=O)N(Cc3cccnc3)C2c2cccc(Oc3ccccc3)c2)ccc1Br. The molecule has 5 rings (SSSR count). The fourth-order valence-electron chi connectivity index (χ4n) is 4.40. The molecule has 4 aromatic rings. The van der Waals surface area contributed by atoms with E-state index in [1.54, 1.807) is 42.7 Å². The molecule has 3 aromatic carbocycles. The van der Waals surface area contributed by atoms with Gasteiger partial charge in [0.15, 0.2) is 0 Å². The Hall–Kier alpha value is -4.23. The van der Waals surface area contributed by atoms with E-state index in [0.717, 1.165) is 15.6 Å². The highest BCUT2D eigenvalue weighted by Crippen LogP contribution is 2.41. The van der Waals surface area contributed by atoms with Gasteiger partial charge in [-0.05, 0) is 66.1 Å². The van der Waals surface area contributed by atoms with Crippen molar-refractivity contribution in [3.8, 4) is 11.5 Å². The minimum absolute atomic E-state index is 0.0347. The van der Waals surface area contributed by atoms with Crippen molar-refractivity contribution in [3.63, 3.8) is 0 Å². The Morgan fingerprint density at radius 2 is 1.76 bits per heavy atom. The number of ketones is 1. The van der Waals surface area contributed by atoms with Crippen LogP contribution in [0, 0.1) is 6.92 Å². The number of rotatable bonds is 6. The fourth-order valence-corrected chi connectivity index (χ4v) is 4.64. The standard InChI is InChI=1S/C30H23BrN2O4/c1-19-15-22(12-13-25(19)31)28(34)26-27(33(30(36)29(26)35)18-20-7-6-14-32-17-20)21-8-5-11-24(16-21)37-23-9-3-2-4-10-23/h2-17,27,34H,18H2,1H3/b28-26-. The number of hydrogen-bond acceptors (Lipinski definition) is 5. The number of ether oxygens (including phenoxy) is 1. The molecule has 2 heterocycles. The van der Waals surface area contributed by atoms with Gasteiger partial charge in [-0.15, -0.1) is 0 Å². The summed E-state index contributed by atoms with van der Waals surface area (Å²) >= 11 is 3.47. The van der Waals surface area contributed by atoms with Crippen molar-refractivity contribution in [1.82, 2.24) is 9.88 Å². The van der Waals surface area contributed by atoms with E-state index in [0.29, 0.717) is 22.6 Å². The lowest BCUT2D eigenvalue weighted by Crippen LogP contribution is -2.29. The molecule has 1 aliphatic rings. The Morgan fingerprint density at radius 3 is 2.49 bits per heavy atom. The van der Waals surface area contributed by atoms with Crippen molar-refractivity contribution in [2.45, 2.75) is 19.5 Å². The molecular weight excluding hydrogens is 532 g/mol. The number of benzene rings is 3. The van der Waals surface area contributed by atoms with E-state index in [4.69, 9.17) is 4.74 Å². The zero-order valence-electron chi connectivity index (χ0n) is 20.0. The van der Waals surface area contributed by atoms with Gasteiger partial charge in [0.2, 0.25) is 0 Å². The molecule has 1 fully saturated rings. The molecule has 0 spiro atoms. The average molecular weight is 555 g/mol. The molecule has 0 aliphatic carbocycles. The summed E-state index contributed by atoms with van der Waals surface area (Å²) in [6.07, 6.45) is 3.30. The van der Waals surface area contributed by atoms with Crippen molar-refractivity contribution in [1.29, 1.82) is 0 Å². The number of amides is 1. The predicted octanol–water partition coefficient (Wildman–Crippen LogP) is 6.57. The first-order valence-electron chi connectivity index (χ1n) is 11.7. The molecule has 1 saturated heterocycles. The van der Waals surface area contributed by atoms with Crippen molar-refractivity contribution < 1.29 is 19.4 Å². The highest BCUT2D eigenvalue weighted by atomic mass is 79.9. The van der Waals surface area contributed by atoms with Gasteiger partial charge in [-0.25, -0.2) is 0 Å². The van der Waals surface area contributed by atoms with Gasteiger partial charge in [-0.1, -0.05) is 58.4 Å². The molecular formula is C30H23BrN2O4. The largest absolute Gasteiger partial charge is 0.507 e. The summed E-state index contributed by atoms with van der Waals surface area (Å²) < 4.78 is 6.89. The van der Waals surface area contributed by atoms with E-state index >= 15 is 0 Å². The van der Waals surface area contributed by atoms with E-state index in [1.165, 1.54) is 4.90 Å². The van der Waals surface area contributed by atoms with Crippen LogP contribution in [-0.2, 0) is 16.1 Å². The van der Waals surface area contributed by atoms with Crippen LogP contribution in [0.15, 0.2) is 107 Å². The molecule has 0 bridgehead atoms. The number of para-hydroxylation sites is 1. The van der Waals surface area contributed by atoms with Gasteiger partial charge in [-0.3, -0.25) is 14.6 Å². The number of nitrogens with zero attached hydrogens (tertiary/aromatic N) is 2. The molecule has 0 saturated carbocycles. The summed E-state index contributed by atoms with van der Waals surface area (Å²) in [5, 5.41) is 11.4. The molecule has 1 aliphatic heterocycles. The van der Waals surface area contributed by atoms with Crippen LogP contribution in [0.2, 0.25) is 0 Å². The van der Waals surface area contributed by atoms with Crippen LogP contribution >= 0.6 is 15.9 Å². The molecule has 0 radical (unpaired) electrons. The van der Waals surface area contributed by atoms with Crippen LogP contribution in [0.1, 0.15) is 28.3 Å². The highest BCUT2D eigenvalue weighted by molar-refractivity contribution is 9.10. The lowest BCUT2D eigenvalue weighted by atomic mass is 9.94. The molecule has 1 unspecified atom stereocenters. The molecule has 6 nitrogen and oxygen atoms in total. The fraction of sp³-hybridized carbons (Fsp3) is 0.100. The molecule has 37 heavy (non-hydrogen) atoms. The molecule has 1 amide bonds. The summed E-state index contributed by atoms with van der Waals surface area (Å²) in [4.78, 5) is 32.3. The first kappa shape index (κ1) is 24.5. The Morgan fingerprint density at radius 1 is 0.973 bits per heavy atom. The first-order valence-corrected chi connectivity index (χ1v) is 12.5. The summed E-state index contributed by atoms with van der Waals surface area (Å²) in [5.74, 6) is -0.425. The van der Waals surface area contributed by atoms with Gasteiger partial charge in [0.1, 0.15) is 17.3 Å². The average Bonchev–Trinajstić information content (AvgIpc) is 3.16. The monoisotopic (exact) mass is 554 g/mol. The number of pyridine rings is 1. The van der Waals surface area contributed by atoms with Crippen LogP contribution in [0.4, 0.5) is 0 Å². The smallest absolute Gasteiger partial charge is 0.295 e. The number of hydrogen-bond donors (Lipinski definition) is 1. The quantitative estimate of drug-likeness (QED) is 0.166. The Labute approximate surface area is 223 Å². The third-order valence-electron chi connectivity index (χ3n) is 6.20. The van der Waals surface area contributed by atoms with Gasteiger partial charge >= 0.3 is 0 Å². The second kappa shape index (κ2) is 10.4. The van der Waals surface area contributed by atoms with Gasteiger partial charge < -0.3 is 14.7 Å². The Balaban J connectivity index is 1.62. The number of aromatic nitrogens is 1. The molecule has 184 valence electrons. The molecule has 1 N–H and O–H groups in total. The number of carbonyl (C=O) groups excluding carboxylic acids is 2. The Kier molecular flexibility index (Phi) is 6.88. The second-order valence-corrected chi connectivity index (χ2v) is 9.59. The van der Waals surface area contributed by atoms with Crippen molar-refractivity contribution in [2.75, 3.05) is 0 Å². The van der Waals surface area contributed by atoms with Gasteiger partial charge in [0.05, 0.1) is 11.6 Å². The topological polar surface area (TPSA) is 79.7 Å². The van der Waals surface area contributed by atoms with Gasteiger partial charge in [0.25, 0.3) is 11.7 Å². The predicted molar refractivity (Wildman–Crippen MR) is 144 cm³/mol. The van der Waals surface area contributed by atoms with E-state index < -0.39 is 17.7 Å². The number of likely N-dealkylation sites (tertiary alicyclic amines) is 1. The van der Waals surface area contributed by atoms with E-state index in [9.17, 15) is 14.7 Å². The maximum atomic E-state index is 13.4. The van der Waals surface area contributed by atoms with E-state index in [1.807, 2.05) is 61.5 Å². The first-order chi connectivity index (χ1) is 17.9. The van der Waals surface area contributed by atoms with Crippen LogP contribution in [0.5, 0.6) is 11.5 Å². The third kappa shape index (κ3) is 5.04. The van der Waals surface area contributed by atoms with Crippen LogP contribution < -0.4 is 4.74 Å². The van der Waals surface area contributed by atoms with Crippen LogP contribution in [0.25, 0.3) is 5.76 Å². The summed E-state index contributed by atoms with van der Waals surface area (Å²) in [5.41, 5.74) is 2.80. The normalized spacial score (nSPS) is 16.7. The van der Waals surface area contributed by atoms with Gasteiger partial charge in [-0.2, -0.15) is 0 Å². The van der Waals surface area contributed by atoms with Crippen molar-refractivity contribution >= 4 is 33.4 Å². The van der Waals surface area contributed by atoms with Crippen molar-refractivity contribution in [3.05, 3.63) is 130 Å². The number of aliphatic hydroxyl groups is 1. The minimum Gasteiger partial charge on any atom is -0.507 e. The number of aliphatic hydroxyl groups excluding tert-OH is 1. The zero-order valence-corrected chi connectivity index (χ0v) is 21.6. The van der Waals surface area contributed by atoms with E-state index in [-0.39, 0.29) is 17.9 Å². The van der Waals surface area contributed by atoms with Gasteiger partial charge in [0, 0.05) is 29.0 Å². The number of Topliss-reactive ketones (excluding diaryl/α,β-unsaturated/α-hetero) is 1. The summed E-state index contributed by atoms with van der Waals surface area (Å²) in [6, 6.07) is 24.7. The number of carbonyl (C=O) groups is 2. The molecule has 1 atom stereocenters. The van der Waals surface area contributed by atoms with Crippen molar-refractivity contribution in [2.24, 2.45) is 0 Å². The lowest BCUT2D eigenvalue weighted by molar-refractivity contribution is -0.140. The summed E-state index contributed by atoms with van der Waals surface area (Å²) in [6.45, 7) is 2.05. The van der Waals surface area contributed by atoms with Crippen LogP contribution in [0.3, 0.4) is 0 Å². The summed E-state index contributed by atoms with van der Waals surface area (Å²) in [7, 11) is 0. The third-order valence-corrected chi connectivity index (χ3v) is 7.09.